The fourth-order valence-electron chi connectivity index (χ4n) is 2.87. The molecule has 0 aromatic heterocycles. The van der Waals surface area contributed by atoms with Gasteiger partial charge in [0.2, 0.25) is 0 Å². The van der Waals surface area contributed by atoms with E-state index >= 15 is 0 Å². The smallest absolute Gasteiger partial charge is 0.313 e. The zero-order valence-corrected chi connectivity index (χ0v) is 14.8. The lowest BCUT2D eigenvalue weighted by molar-refractivity contribution is -0.151. The van der Waals surface area contributed by atoms with Crippen molar-refractivity contribution in [2.75, 3.05) is 26.8 Å². The van der Waals surface area contributed by atoms with Gasteiger partial charge in [0.05, 0.1) is 18.3 Å². The second-order valence-corrected chi connectivity index (χ2v) is 6.74. The summed E-state index contributed by atoms with van der Waals surface area (Å²) >= 11 is 6.02. The van der Waals surface area contributed by atoms with Crippen LogP contribution in [-0.2, 0) is 9.53 Å². The molecule has 0 saturated carbocycles. The molecule has 0 radical (unpaired) electrons. The van der Waals surface area contributed by atoms with Crippen molar-refractivity contribution < 1.29 is 24.2 Å². The Morgan fingerprint density at radius 3 is 2.71 bits per heavy atom. The SMILES string of the molecule is COCC1(C(=O)O)CCN(C(=O)c2cc(Cl)ccc2OC(C)C)C1. The number of carbonyl (C=O) groups excluding carboxylic acids is 1. The highest BCUT2D eigenvalue weighted by molar-refractivity contribution is 6.31. The highest BCUT2D eigenvalue weighted by Gasteiger charge is 2.46. The van der Waals surface area contributed by atoms with Crippen molar-refractivity contribution in [2.45, 2.75) is 26.4 Å². The predicted molar refractivity (Wildman–Crippen MR) is 89.7 cm³/mol. The largest absolute Gasteiger partial charge is 0.490 e. The van der Waals surface area contributed by atoms with Crippen LogP contribution in [-0.4, -0.2) is 54.8 Å². The minimum absolute atomic E-state index is 0.0665. The van der Waals surface area contributed by atoms with Crippen molar-refractivity contribution in [1.82, 2.24) is 4.90 Å². The summed E-state index contributed by atoms with van der Waals surface area (Å²) in [5.41, 5.74) is -0.725. The summed E-state index contributed by atoms with van der Waals surface area (Å²) in [4.78, 5) is 26.0. The maximum atomic E-state index is 12.9. The Labute approximate surface area is 146 Å². The number of amides is 1. The lowest BCUT2D eigenvalue weighted by atomic mass is 9.88. The third-order valence-electron chi connectivity index (χ3n) is 4.05. The third-order valence-corrected chi connectivity index (χ3v) is 4.29. The Morgan fingerprint density at radius 2 is 2.12 bits per heavy atom. The van der Waals surface area contributed by atoms with Gasteiger partial charge in [-0.3, -0.25) is 9.59 Å². The number of aliphatic carboxylic acids is 1. The van der Waals surface area contributed by atoms with E-state index in [2.05, 4.69) is 0 Å². The first-order valence-corrected chi connectivity index (χ1v) is 8.15. The van der Waals surface area contributed by atoms with Gasteiger partial charge in [0.25, 0.3) is 5.91 Å². The average molecular weight is 356 g/mol. The number of hydrogen-bond donors (Lipinski definition) is 1. The van der Waals surface area contributed by atoms with E-state index in [4.69, 9.17) is 21.1 Å². The topological polar surface area (TPSA) is 76.1 Å². The molecule has 1 saturated heterocycles. The number of ether oxygens (including phenoxy) is 2. The highest BCUT2D eigenvalue weighted by atomic mass is 35.5. The monoisotopic (exact) mass is 355 g/mol. The average Bonchev–Trinajstić information content (AvgIpc) is 2.94. The van der Waals surface area contributed by atoms with Gasteiger partial charge in [-0.05, 0) is 38.5 Å². The van der Waals surface area contributed by atoms with Gasteiger partial charge in [-0.2, -0.15) is 0 Å². The number of carboxylic acids is 1. The molecule has 6 nitrogen and oxygen atoms in total. The van der Waals surface area contributed by atoms with Crippen LogP contribution in [0.1, 0.15) is 30.6 Å². The van der Waals surface area contributed by atoms with Crippen LogP contribution in [0.3, 0.4) is 0 Å². The zero-order valence-electron chi connectivity index (χ0n) is 14.0. The normalized spacial score (nSPS) is 20.5. The molecule has 1 aliphatic heterocycles. The van der Waals surface area contributed by atoms with Crippen LogP contribution >= 0.6 is 11.6 Å². The molecule has 2 rings (SSSR count). The first kappa shape index (κ1) is 18.5. The van der Waals surface area contributed by atoms with Gasteiger partial charge >= 0.3 is 5.97 Å². The van der Waals surface area contributed by atoms with Crippen LogP contribution in [0.15, 0.2) is 18.2 Å². The molecule has 1 atom stereocenters. The minimum atomic E-state index is -1.07. The van der Waals surface area contributed by atoms with Gasteiger partial charge in [-0.1, -0.05) is 11.6 Å². The molecule has 0 spiro atoms. The second-order valence-electron chi connectivity index (χ2n) is 6.30. The highest BCUT2D eigenvalue weighted by Crippen LogP contribution is 2.34. The molecule has 1 amide bonds. The standard InChI is InChI=1S/C17H22ClNO5/c1-11(2)24-14-5-4-12(18)8-13(14)15(20)19-7-6-17(9-19,10-23-3)16(21)22/h4-5,8,11H,6-7,9-10H2,1-3H3,(H,21,22). The van der Waals surface area contributed by atoms with Gasteiger partial charge in [0, 0.05) is 25.2 Å². The van der Waals surface area contributed by atoms with Crippen molar-refractivity contribution in [3.63, 3.8) is 0 Å². The number of carboxylic acid groups (broad SMARTS) is 1. The van der Waals surface area contributed by atoms with Gasteiger partial charge in [-0.15, -0.1) is 0 Å². The Bertz CT molecular complexity index is 633. The number of nitrogens with zero attached hydrogens (tertiary/aromatic N) is 1. The van der Waals surface area contributed by atoms with Crippen LogP contribution in [0.25, 0.3) is 0 Å². The maximum Gasteiger partial charge on any atom is 0.313 e. The van der Waals surface area contributed by atoms with Crippen LogP contribution in [0.4, 0.5) is 0 Å². The first-order chi connectivity index (χ1) is 11.3. The number of carbonyl (C=O) groups is 2. The van der Waals surface area contributed by atoms with E-state index in [0.717, 1.165) is 0 Å². The molecule has 24 heavy (non-hydrogen) atoms. The predicted octanol–water partition coefficient (Wildman–Crippen LogP) is 2.69. The molecule has 0 aliphatic carbocycles. The molecule has 1 unspecified atom stereocenters. The van der Waals surface area contributed by atoms with E-state index in [-0.39, 0.29) is 25.2 Å². The van der Waals surface area contributed by atoms with E-state index in [9.17, 15) is 14.7 Å². The molecule has 1 heterocycles. The summed E-state index contributed by atoms with van der Waals surface area (Å²) < 4.78 is 10.7. The number of likely N-dealkylation sites (tertiary alicyclic amines) is 1. The fourth-order valence-corrected chi connectivity index (χ4v) is 3.04. The van der Waals surface area contributed by atoms with Gasteiger partial charge in [0.15, 0.2) is 0 Å². The quantitative estimate of drug-likeness (QED) is 0.849. The zero-order chi connectivity index (χ0) is 17.9. The lowest BCUT2D eigenvalue weighted by Gasteiger charge is -2.24. The second kappa shape index (κ2) is 7.40. The Morgan fingerprint density at radius 1 is 1.42 bits per heavy atom. The van der Waals surface area contributed by atoms with Crippen molar-refractivity contribution in [3.05, 3.63) is 28.8 Å². The summed E-state index contributed by atoms with van der Waals surface area (Å²) in [7, 11) is 1.46. The van der Waals surface area contributed by atoms with Crippen LogP contribution in [0, 0.1) is 5.41 Å². The Balaban J connectivity index is 2.27. The molecule has 1 aromatic carbocycles. The van der Waals surface area contributed by atoms with E-state index in [1.54, 1.807) is 18.2 Å². The lowest BCUT2D eigenvalue weighted by Crippen LogP contribution is -2.40. The van der Waals surface area contributed by atoms with Gasteiger partial charge in [0.1, 0.15) is 11.2 Å². The Kier molecular flexibility index (Phi) is 5.72. The molecule has 1 aliphatic rings. The molecule has 1 fully saturated rings. The minimum Gasteiger partial charge on any atom is -0.490 e. The first-order valence-electron chi connectivity index (χ1n) is 7.77. The number of methoxy groups -OCH3 is 1. The number of benzene rings is 1. The number of hydrogen-bond acceptors (Lipinski definition) is 4. The van der Waals surface area contributed by atoms with Crippen LogP contribution in [0.2, 0.25) is 5.02 Å². The molecule has 7 heteroatoms. The van der Waals surface area contributed by atoms with Crippen molar-refractivity contribution in [1.29, 1.82) is 0 Å². The van der Waals surface area contributed by atoms with Crippen LogP contribution in [0.5, 0.6) is 5.75 Å². The molecule has 1 aromatic rings. The number of rotatable bonds is 6. The molecular weight excluding hydrogens is 334 g/mol. The Hall–Kier alpha value is -1.79. The van der Waals surface area contributed by atoms with E-state index in [0.29, 0.717) is 29.3 Å². The summed E-state index contributed by atoms with van der Waals surface area (Å²) in [6.45, 7) is 4.25. The molecule has 1 N–H and O–H groups in total. The molecular formula is C17H22ClNO5. The van der Waals surface area contributed by atoms with Crippen molar-refractivity contribution in [2.24, 2.45) is 5.41 Å². The third kappa shape index (κ3) is 3.82. The maximum absolute atomic E-state index is 12.9. The molecule has 132 valence electrons. The van der Waals surface area contributed by atoms with Crippen LogP contribution < -0.4 is 4.74 Å². The van der Waals surface area contributed by atoms with E-state index < -0.39 is 11.4 Å². The fraction of sp³-hybridized carbons (Fsp3) is 0.529. The summed E-state index contributed by atoms with van der Waals surface area (Å²) in [5, 5.41) is 9.94. The van der Waals surface area contributed by atoms with Gasteiger partial charge in [-0.25, -0.2) is 0 Å². The molecule has 0 bridgehead atoms. The summed E-state index contributed by atoms with van der Waals surface area (Å²) in [6.07, 6.45) is 0.256. The summed E-state index contributed by atoms with van der Waals surface area (Å²) in [6, 6.07) is 4.87. The van der Waals surface area contributed by atoms with Crippen molar-refractivity contribution in [3.8, 4) is 5.75 Å². The number of halogens is 1. The van der Waals surface area contributed by atoms with Gasteiger partial charge < -0.3 is 19.5 Å². The van der Waals surface area contributed by atoms with E-state index in [1.807, 2.05) is 13.8 Å². The van der Waals surface area contributed by atoms with E-state index in [1.165, 1.54) is 12.0 Å². The van der Waals surface area contributed by atoms with Crippen molar-refractivity contribution >= 4 is 23.5 Å². The summed E-state index contributed by atoms with van der Waals surface area (Å²) in [5.74, 6) is -0.796.